The monoisotopic (exact) mass is 309 g/mol. The summed E-state index contributed by atoms with van der Waals surface area (Å²) in [6.45, 7) is 1.77. The zero-order chi connectivity index (χ0) is 13.1. The van der Waals surface area contributed by atoms with Crippen molar-refractivity contribution in [3.8, 4) is 5.75 Å². The first kappa shape index (κ1) is 12.8. The lowest BCUT2D eigenvalue weighted by molar-refractivity contribution is -0.145. The summed E-state index contributed by atoms with van der Waals surface area (Å²) < 4.78 is 6.34. The minimum Gasteiger partial charge on any atom is -0.479 e. The van der Waals surface area contributed by atoms with Gasteiger partial charge in [-0.15, -0.1) is 0 Å². The molecule has 1 heterocycles. The number of fused-ring (bicyclic) bond motifs is 1. The minimum absolute atomic E-state index is 0.409. The van der Waals surface area contributed by atoms with E-state index in [4.69, 9.17) is 9.84 Å². The van der Waals surface area contributed by atoms with Crippen LogP contribution in [0.15, 0.2) is 34.9 Å². The number of pyridine rings is 1. The summed E-state index contributed by atoms with van der Waals surface area (Å²) in [5.41, 5.74) is 0.842. The molecule has 2 aromatic rings. The van der Waals surface area contributed by atoms with Crippen molar-refractivity contribution in [2.45, 2.75) is 19.4 Å². The van der Waals surface area contributed by atoms with Crippen molar-refractivity contribution in [3.63, 3.8) is 0 Å². The number of carboxylic acids is 1. The van der Waals surface area contributed by atoms with Crippen molar-refractivity contribution in [2.75, 3.05) is 0 Å². The highest BCUT2D eigenvalue weighted by Gasteiger charge is 2.16. The second-order valence-corrected chi connectivity index (χ2v) is 4.78. The molecule has 0 aliphatic rings. The second kappa shape index (κ2) is 5.35. The molecule has 1 aromatic heterocycles. The maximum Gasteiger partial charge on any atom is 0.344 e. The summed E-state index contributed by atoms with van der Waals surface area (Å²) >= 11 is 3.38. The molecule has 0 radical (unpaired) electrons. The Kier molecular flexibility index (Phi) is 3.81. The van der Waals surface area contributed by atoms with E-state index in [2.05, 4.69) is 20.9 Å². The number of nitrogens with zero attached hydrogens (tertiary/aromatic N) is 1. The van der Waals surface area contributed by atoms with Crippen LogP contribution in [0.1, 0.15) is 13.3 Å². The number of aliphatic carboxylic acids is 1. The summed E-state index contributed by atoms with van der Waals surface area (Å²) in [7, 11) is 0. The van der Waals surface area contributed by atoms with Crippen LogP contribution < -0.4 is 4.74 Å². The molecule has 5 heteroatoms. The van der Waals surface area contributed by atoms with Crippen molar-refractivity contribution >= 4 is 32.8 Å². The molecule has 0 aliphatic carbocycles. The Morgan fingerprint density at radius 2 is 2.28 bits per heavy atom. The van der Waals surface area contributed by atoms with Crippen LogP contribution in [0.25, 0.3) is 10.9 Å². The zero-order valence-electron chi connectivity index (χ0n) is 9.76. The van der Waals surface area contributed by atoms with Gasteiger partial charge in [0.1, 0.15) is 5.75 Å². The van der Waals surface area contributed by atoms with Crippen LogP contribution >= 0.6 is 15.9 Å². The molecule has 1 atom stereocenters. The topological polar surface area (TPSA) is 59.4 Å². The van der Waals surface area contributed by atoms with E-state index in [9.17, 15) is 4.79 Å². The van der Waals surface area contributed by atoms with E-state index in [1.807, 2.05) is 18.2 Å². The first-order chi connectivity index (χ1) is 8.60. The van der Waals surface area contributed by atoms with Gasteiger partial charge in [0.25, 0.3) is 0 Å². The smallest absolute Gasteiger partial charge is 0.344 e. The predicted molar refractivity (Wildman–Crippen MR) is 71.8 cm³/mol. The van der Waals surface area contributed by atoms with Gasteiger partial charge in [0.2, 0.25) is 0 Å². The van der Waals surface area contributed by atoms with Crippen molar-refractivity contribution < 1.29 is 14.6 Å². The summed E-state index contributed by atoms with van der Waals surface area (Å²) in [5.74, 6) is -0.498. The number of aromatic nitrogens is 1. The van der Waals surface area contributed by atoms with E-state index in [1.165, 1.54) is 0 Å². The first-order valence-corrected chi connectivity index (χ1v) is 6.34. The average Bonchev–Trinajstić information content (AvgIpc) is 2.35. The molecule has 0 aliphatic heterocycles. The zero-order valence-corrected chi connectivity index (χ0v) is 11.3. The highest BCUT2D eigenvalue weighted by Crippen LogP contribution is 2.23. The van der Waals surface area contributed by atoms with E-state index in [-0.39, 0.29) is 0 Å². The number of carboxylic acid groups (broad SMARTS) is 1. The van der Waals surface area contributed by atoms with Gasteiger partial charge in [-0.05, 0) is 30.7 Å². The molecule has 0 bridgehead atoms. The highest BCUT2D eigenvalue weighted by atomic mass is 79.9. The quantitative estimate of drug-likeness (QED) is 0.942. The van der Waals surface area contributed by atoms with Crippen molar-refractivity contribution in [1.82, 2.24) is 4.98 Å². The van der Waals surface area contributed by atoms with Gasteiger partial charge in [-0.1, -0.05) is 22.9 Å². The molecule has 0 fully saturated rings. The second-order valence-electron chi connectivity index (χ2n) is 3.86. The van der Waals surface area contributed by atoms with Crippen LogP contribution in [-0.2, 0) is 4.79 Å². The molecule has 0 saturated heterocycles. The molecule has 0 saturated carbocycles. The standard InChI is InChI=1S/C13H12BrNO3/c1-2-12(13(16)17)18-10-6-8-5-9(14)3-4-11(8)15-7-10/h3-7,12H,2H2,1H3,(H,16,17). The van der Waals surface area contributed by atoms with Crippen LogP contribution in [-0.4, -0.2) is 22.2 Å². The van der Waals surface area contributed by atoms with Crippen LogP contribution in [0.3, 0.4) is 0 Å². The third-order valence-corrected chi connectivity index (χ3v) is 3.04. The molecule has 0 spiro atoms. The van der Waals surface area contributed by atoms with Gasteiger partial charge in [-0.25, -0.2) is 4.79 Å². The molecule has 2 rings (SSSR count). The number of rotatable bonds is 4. The van der Waals surface area contributed by atoms with Gasteiger partial charge < -0.3 is 9.84 Å². The lowest BCUT2D eigenvalue weighted by Gasteiger charge is -2.13. The van der Waals surface area contributed by atoms with Crippen molar-refractivity contribution in [3.05, 3.63) is 34.9 Å². The number of hydrogen-bond acceptors (Lipinski definition) is 3. The van der Waals surface area contributed by atoms with Gasteiger partial charge in [0.15, 0.2) is 6.10 Å². The molecular weight excluding hydrogens is 298 g/mol. The molecular formula is C13H12BrNO3. The normalized spacial score (nSPS) is 12.3. The fourth-order valence-electron chi connectivity index (χ4n) is 1.62. The Morgan fingerprint density at radius 1 is 1.50 bits per heavy atom. The summed E-state index contributed by atoms with van der Waals surface area (Å²) in [5, 5.41) is 9.84. The molecule has 4 nitrogen and oxygen atoms in total. The lowest BCUT2D eigenvalue weighted by atomic mass is 10.2. The molecule has 1 unspecified atom stereocenters. The Bertz CT molecular complexity index is 585. The molecule has 0 amide bonds. The minimum atomic E-state index is -0.966. The number of ether oxygens (including phenoxy) is 1. The van der Waals surface area contributed by atoms with Crippen LogP contribution in [0, 0.1) is 0 Å². The third-order valence-electron chi connectivity index (χ3n) is 2.54. The van der Waals surface area contributed by atoms with E-state index in [0.29, 0.717) is 12.2 Å². The van der Waals surface area contributed by atoms with E-state index < -0.39 is 12.1 Å². The number of carbonyl (C=O) groups is 1. The number of hydrogen-bond donors (Lipinski definition) is 1. The van der Waals surface area contributed by atoms with Crippen molar-refractivity contribution in [2.24, 2.45) is 0 Å². The predicted octanol–water partition coefficient (Wildman–Crippen LogP) is 3.24. The van der Waals surface area contributed by atoms with Gasteiger partial charge >= 0.3 is 5.97 Å². The fraction of sp³-hybridized carbons (Fsp3) is 0.231. The molecule has 18 heavy (non-hydrogen) atoms. The van der Waals surface area contributed by atoms with Gasteiger partial charge in [0, 0.05) is 9.86 Å². The fourth-order valence-corrected chi connectivity index (χ4v) is 2.00. The van der Waals surface area contributed by atoms with Crippen LogP contribution in [0.2, 0.25) is 0 Å². The van der Waals surface area contributed by atoms with E-state index in [0.717, 1.165) is 15.4 Å². The molecule has 94 valence electrons. The molecule has 1 N–H and O–H groups in total. The van der Waals surface area contributed by atoms with Gasteiger partial charge in [-0.2, -0.15) is 0 Å². The molecule has 1 aromatic carbocycles. The first-order valence-electron chi connectivity index (χ1n) is 5.55. The highest BCUT2D eigenvalue weighted by molar-refractivity contribution is 9.10. The SMILES string of the molecule is CCC(Oc1cnc2ccc(Br)cc2c1)C(=O)O. The maximum absolute atomic E-state index is 10.9. The lowest BCUT2D eigenvalue weighted by Crippen LogP contribution is -2.25. The van der Waals surface area contributed by atoms with Crippen LogP contribution in [0.4, 0.5) is 0 Å². The Morgan fingerprint density at radius 3 is 2.94 bits per heavy atom. The average molecular weight is 310 g/mol. The summed E-state index contributed by atoms with van der Waals surface area (Å²) in [6.07, 6.45) is 1.12. The Hall–Kier alpha value is -1.62. The summed E-state index contributed by atoms with van der Waals surface area (Å²) in [6, 6.07) is 7.50. The van der Waals surface area contributed by atoms with E-state index in [1.54, 1.807) is 19.2 Å². The van der Waals surface area contributed by atoms with Gasteiger partial charge in [-0.3, -0.25) is 4.98 Å². The van der Waals surface area contributed by atoms with Crippen LogP contribution in [0.5, 0.6) is 5.75 Å². The Balaban J connectivity index is 2.31. The third kappa shape index (κ3) is 2.79. The maximum atomic E-state index is 10.9. The number of halogens is 1. The Labute approximate surface area is 113 Å². The van der Waals surface area contributed by atoms with Gasteiger partial charge in [0.05, 0.1) is 11.7 Å². The van der Waals surface area contributed by atoms with Crippen molar-refractivity contribution in [1.29, 1.82) is 0 Å². The summed E-state index contributed by atoms with van der Waals surface area (Å²) in [4.78, 5) is 15.1. The largest absolute Gasteiger partial charge is 0.479 e. The number of benzene rings is 1. The van der Waals surface area contributed by atoms with E-state index >= 15 is 0 Å².